The van der Waals surface area contributed by atoms with Crippen LogP contribution < -0.4 is 5.32 Å². The van der Waals surface area contributed by atoms with Crippen LogP contribution in [0.25, 0.3) is 10.2 Å². The smallest absolute Gasteiger partial charge is 0.262 e. The van der Waals surface area contributed by atoms with Crippen LogP contribution in [0.4, 0.5) is 0 Å². The Morgan fingerprint density at radius 1 is 1.16 bits per heavy atom. The predicted molar refractivity (Wildman–Crippen MR) is 125 cm³/mol. The highest BCUT2D eigenvalue weighted by atomic mass is 32.1. The molecule has 2 amide bonds. The number of fused-ring (bicyclic) bond motifs is 1. The number of aromatic nitrogens is 1. The fraction of sp³-hybridized carbons (Fsp3) is 0.400. The van der Waals surface area contributed by atoms with E-state index in [4.69, 9.17) is 4.74 Å². The molecule has 7 heteroatoms. The Labute approximate surface area is 191 Å². The molecule has 1 atom stereocenters. The Morgan fingerprint density at radius 3 is 2.69 bits per heavy atom. The van der Waals surface area contributed by atoms with E-state index in [2.05, 4.69) is 22.4 Å². The molecule has 3 aromatic rings. The van der Waals surface area contributed by atoms with Gasteiger partial charge >= 0.3 is 0 Å². The first kappa shape index (κ1) is 21.1. The summed E-state index contributed by atoms with van der Waals surface area (Å²) in [4.78, 5) is 33.5. The van der Waals surface area contributed by atoms with E-state index >= 15 is 0 Å². The van der Waals surface area contributed by atoms with Crippen LogP contribution in [0.15, 0.2) is 48.7 Å². The van der Waals surface area contributed by atoms with Gasteiger partial charge in [0.1, 0.15) is 15.8 Å². The van der Waals surface area contributed by atoms with Crippen molar-refractivity contribution in [2.75, 3.05) is 19.7 Å². The summed E-state index contributed by atoms with van der Waals surface area (Å²) in [5, 5.41) is 4.34. The van der Waals surface area contributed by atoms with Gasteiger partial charge in [0.15, 0.2) is 0 Å². The minimum atomic E-state index is -0.349. The van der Waals surface area contributed by atoms with Crippen LogP contribution in [0, 0.1) is 0 Å². The largest absolute Gasteiger partial charge is 0.370 e. The molecule has 3 heterocycles. The zero-order valence-corrected chi connectivity index (χ0v) is 19.0. The Morgan fingerprint density at radius 2 is 1.94 bits per heavy atom. The number of morpholine rings is 1. The number of nitrogens with one attached hydrogen (secondary N) is 1. The van der Waals surface area contributed by atoms with Gasteiger partial charge in [0.2, 0.25) is 5.91 Å². The molecule has 2 aliphatic rings. The Bertz CT molecular complexity index is 1140. The maximum absolute atomic E-state index is 13.8. The van der Waals surface area contributed by atoms with Crippen LogP contribution in [-0.4, -0.2) is 41.4 Å². The maximum Gasteiger partial charge on any atom is 0.262 e. The van der Waals surface area contributed by atoms with E-state index < -0.39 is 0 Å². The Kier molecular flexibility index (Phi) is 5.69. The van der Waals surface area contributed by atoms with Gasteiger partial charge in [0.05, 0.1) is 18.7 Å². The molecule has 1 aromatic carbocycles. The molecule has 2 fully saturated rings. The van der Waals surface area contributed by atoms with Crippen molar-refractivity contribution < 1.29 is 14.3 Å². The molecule has 1 aliphatic carbocycles. The van der Waals surface area contributed by atoms with Crippen molar-refractivity contribution in [3.05, 3.63) is 64.7 Å². The summed E-state index contributed by atoms with van der Waals surface area (Å²) in [5.41, 5.74) is 1.66. The fourth-order valence-electron chi connectivity index (χ4n) is 5.05. The van der Waals surface area contributed by atoms with Crippen molar-refractivity contribution in [3.8, 4) is 0 Å². The van der Waals surface area contributed by atoms with Gasteiger partial charge in [0.25, 0.3) is 5.91 Å². The van der Waals surface area contributed by atoms with Gasteiger partial charge in [-0.1, -0.05) is 49.2 Å². The van der Waals surface area contributed by atoms with Gasteiger partial charge < -0.3 is 15.0 Å². The van der Waals surface area contributed by atoms with Crippen molar-refractivity contribution in [1.82, 2.24) is 15.2 Å². The maximum atomic E-state index is 13.8. The number of carbonyl (C=O) groups excluding carboxylic acids is 2. The van der Waals surface area contributed by atoms with Crippen LogP contribution >= 0.6 is 11.3 Å². The average Bonchev–Trinajstić information content (AvgIpc) is 3.45. The molecule has 0 unspecified atom stereocenters. The summed E-state index contributed by atoms with van der Waals surface area (Å²) in [6, 6.07) is 14.1. The highest BCUT2D eigenvalue weighted by Gasteiger charge is 2.39. The minimum absolute atomic E-state index is 0.0240. The Balaban J connectivity index is 1.53. The predicted octanol–water partition coefficient (Wildman–Crippen LogP) is 4.42. The number of carbonyl (C=O) groups is 2. The van der Waals surface area contributed by atoms with E-state index in [0.29, 0.717) is 24.6 Å². The van der Waals surface area contributed by atoms with E-state index in [0.717, 1.165) is 47.0 Å². The first-order chi connectivity index (χ1) is 15.6. The summed E-state index contributed by atoms with van der Waals surface area (Å²) in [7, 11) is 0. The normalized spacial score (nSPS) is 20.4. The zero-order valence-electron chi connectivity index (χ0n) is 18.2. The standard InChI is InChI=1S/C25H27N3O3S/c1-17(29)28-14-15-31-20(16-28)21-19-10-7-13-26-24(19)32-22(21)23(30)27-25(11-5-6-12-25)18-8-3-2-4-9-18/h2-4,7-10,13,20H,5-6,11-12,14-16H2,1H3,(H,27,30)/t20-/m1/s1. The topological polar surface area (TPSA) is 71.5 Å². The molecule has 1 aliphatic heterocycles. The van der Waals surface area contributed by atoms with Crippen LogP contribution in [0.5, 0.6) is 0 Å². The number of pyridine rings is 1. The van der Waals surface area contributed by atoms with E-state index in [-0.39, 0.29) is 23.5 Å². The van der Waals surface area contributed by atoms with E-state index in [1.165, 1.54) is 11.3 Å². The summed E-state index contributed by atoms with van der Waals surface area (Å²) in [6.45, 7) is 3.05. The SMILES string of the molecule is CC(=O)N1CCO[C@@H](c2c(C(=O)NC3(c4ccccc4)CCCC3)sc3ncccc23)C1. The molecular formula is C25H27N3O3S. The molecule has 0 radical (unpaired) electrons. The molecule has 0 bridgehead atoms. The Hall–Kier alpha value is -2.77. The molecule has 6 nitrogen and oxygen atoms in total. The number of thiophene rings is 1. The van der Waals surface area contributed by atoms with Crippen molar-refractivity contribution in [3.63, 3.8) is 0 Å². The summed E-state index contributed by atoms with van der Waals surface area (Å²) in [6.07, 6.45) is 5.45. The van der Waals surface area contributed by atoms with Crippen molar-refractivity contribution in [2.45, 2.75) is 44.2 Å². The molecule has 1 saturated heterocycles. The van der Waals surface area contributed by atoms with Crippen molar-refractivity contribution in [1.29, 1.82) is 0 Å². The van der Waals surface area contributed by atoms with Gasteiger partial charge in [-0.05, 0) is 24.5 Å². The highest BCUT2D eigenvalue weighted by Crippen LogP contribution is 2.41. The van der Waals surface area contributed by atoms with Crippen LogP contribution in [0.1, 0.15) is 59.5 Å². The lowest BCUT2D eigenvalue weighted by Crippen LogP contribution is -2.44. The average molecular weight is 450 g/mol. The van der Waals surface area contributed by atoms with Crippen molar-refractivity contribution >= 4 is 33.4 Å². The van der Waals surface area contributed by atoms with Crippen LogP contribution in [0.2, 0.25) is 0 Å². The third-order valence-corrected chi connectivity index (χ3v) is 7.81. The fourth-order valence-corrected chi connectivity index (χ4v) is 6.13. The minimum Gasteiger partial charge on any atom is -0.370 e. The third kappa shape index (κ3) is 3.80. The van der Waals surface area contributed by atoms with Gasteiger partial charge in [-0.3, -0.25) is 9.59 Å². The third-order valence-electron chi connectivity index (χ3n) is 6.68. The summed E-state index contributed by atoms with van der Waals surface area (Å²) < 4.78 is 6.09. The zero-order chi connectivity index (χ0) is 22.1. The number of ether oxygens (including phenoxy) is 1. The molecule has 32 heavy (non-hydrogen) atoms. The van der Waals surface area contributed by atoms with Crippen LogP contribution in [-0.2, 0) is 15.1 Å². The molecule has 166 valence electrons. The number of nitrogens with zero attached hydrogens (tertiary/aromatic N) is 2. The first-order valence-corrected chi connectivity index (χ1v) is 12.0. The van der Waals surface area contributed by atoms with Gasteiger partial charge in [-0.15, -0.1) is 11.3 Å². The molecular weight excluding hydrogens is 422 g/mol. The second-order valence-corrected chi connectivity index (χ2v) is 9.63. The summed E-state index contributed by atoms with van der Waals surface area (Å²) in [5.74, 6) is -0.0618. The molecule has 1 saturated carbocycles. The molecule has 5 rings (SSSR count). The lowest BCUT2D eigenvalue weighted by molar-refractivity contribution is -0.136. The highest BCUT2D eigenvalue weighted by molar-refractivity contribution is 7.20. The molecule has 2 aromatic heterocycles. The van der Waals surface area contributed by atoms with Crippen molar-refractivity contribution in [2.24, 2.45) is 0 Å². The first-order valence-electron chi connectivity index (χ1n) is 11.2. The van der Waals surface area contributed by atoms with Gasteiger partial charge in [0, 0.05) is 30.6 Å². The molecule has 1 N–H and O–H groups in total. The quantitative estimate of drug-likeness (QED) is 0.640. The monoisotopic (exact) mass is 449 g/mol. The lowest BCUT2D eigenvalue weighted by atomic mass is 9.88. The van der Waals surface area contributed by atoms with Gasteiger partial charge in [-0.2, -0.15) is 0 Å². The second kappa shape index (κ2) is 8.64. The van der Waals surface area contributed by atoms with E-state index in [9.17, 15) is 9.59 Å². The number of hydrogen-bond acceptors (Lipinski definition) is 5. The second-order valence-electron chi connectivity index (χ2n) is 8.63. The van der Waals surface area contributed by atoms with Crippen LogP contribution in [0.3, 0.4) is 0 Å². The number of rotatable bonds is 4. The number of benzene rings is 1. The summed E-state index contributed by atoms with van der Waals surface area (Å²) >= 11 is 1.41. The van der Waals surface area contributed by atoms with E-state index in [1.54, 1.807) is 18.0 Å². The lowest BCUT2D eigenvalue weighted by Gasteiger charge is -2.34. The van der Waals surface area contributed by atoms with E-state index in [1.807, 2.05) is 30.3 Å². The number of amides is 2. The number of hydrogen-bond donors (Lipinski definition) is 1. The van der Waals surface area contributed by atoms with Gasteiger partial charge in [-0.25, -0.2) is 4.98 Å². The molecule has 0 spiro atoms.